The molecular weight excluding hydrogens is 496 g/mol. The van der Waals surface area contributed by atoms with Crippen LogP contribution in [-0.4, -0.2) is 84.5 Å². The number of amides is 2. The van der Waals surface area contributed by atoms with Gasteiger partial charge in [0.15, 0.2) is 5.82 Å². The van der Waals surface area contributed by atoms with Crippen LogP contribution in [-0.2, 0) is 4.79 Å². The normalized spacial score (nSPS) is 15.3. The van der Waals surface area contributed by atoms with Gasteiger partial charge in [0.2, 0.25) is 0 Å². The summed E-state index contributed by atoms with van der Waals surface area (Å²) in [6.07, 6.45) is 13.0. The van der Waals surface area contributed by atoms with Crippen molar-refractivity contribution in [1.82, 2.24) is 34.5 Å². The highest BCUT2D eigenvalue weighted by Gasteiger charge is 2.31. The molecule has 0 aliphatic carbocycles. The second-order valence-corrected chi connectivity index (χ2v) is 9.08. The van der Waals surface area contributed by atoms with E-state index in [9.17, 15) is 14.4 Å². The van der Waals surface area contributed by atoms with Crippen LogP contribution in [0, 0.1) is 0 Å². The van der Waals surface area contributed by atoms with Crippen LogP contribution in [0.15, 0.2) is 78.3 Å². The van der Waals surface area contributed by atoms with Gasteiger partial charge in [-0.05, 0) is 24.3 Å². The Labute approximate surface area is 223 Å². The van der Waals surface area contributed by atoms with Crippen LogP contribution in [0.25, 0.3) is 22.5 Å². The van der Waals surface area contributed by atoms with Crippen molar-refractivity contribution in [2.45, 2.75) is 6.42 Å². The van der Waals surface area contributed by atoms with Crippen molar-refractivity contribution in [3.8, 4) is 5.82 Å². The minimum Gasteiger partial charge on any atom is -0.356 e. The first-order valence-electron chi connectivity index (χ1n) is 12.6. The number of hydrogen-bond donors (Lipinski definition) is 1. The van der Waals surface area contributed by atoms with Crippen LogP contribution in [0.2, 0.25) is 0 Å². The lowest BCUT2D eigenvalue weighted by atomic mass is 10.1. The third-order valence-corrected chi connectivity index (χ3v) is 6.69. The molecule has 0 spiro atoms. The number of benzene rings is 1. The number of piperazine rings is 1. The highest BCUT2D eigenvalue weighted by molar-refractivity contribution is 6.44. The molecule has 39 heavy (non-hydrogen) atoms. The molecule has 11 nitrogen and oxygen atoms in total. The van der Waals surface area contributed by atoms with Gasteiger partial charge in [-0.1, -0.05) is 30.4 Å². The molecule has 2 aliphatic heterocycles. The van der Waals surface area contributed by atoms with Crippen molar-refractivity contribution >= 4 is 40.5 Å². The fourth-order valence-corrected chi connectivity index (χ4v) is 4.63. The Bertz CT molecular complexity index is 1660. The molecule has 1 fully saturated rings. The van der Waals surface area contributed by atoms with Gasteiger partial charge in [0.25, 0.3) is 17.6 Å². The first kappa shape index (κ1) is 24.2. The van der Waals surface area contributed by atoms with Crippen LogP contribution in [0.5, 0.6) is 0 Å². The molecule has 11 heteroatoms. The van der Waals surface area contributed by atoms with Gasteiger partial charge < -0.3 is 14.8 Å². The zero-order valence-electron chi connectivity index (χ0n) is 20.9. The van der Waals surface area contributed by atoms with Crippen LogP contribution in [0.4, 0.5) is 0 Å². The van der Waals surface area contributed by atoms with Crippen LogP contribution in [0.3, 0.4) is 0 Å². The van der Waals surface area contributed by atoms with Crippen LogP contribution in [0.1, 0.15) is 32.8 Å². The summed E-state index contributed by atoms with van der Waals surface area (Å²) >= 11 is 0. The SMILES string of the molecule is O=C(C(=O)N1CCN(C(=O)c2ccccc2)CC1)c1c[nH]c2c(-n3ccc(C4=CC=CCC=N4)n3)ncnc12. The maximum Gasteiger partial charge on any atom is 0.295 e. The summed E-state index contributed by atoms with van der Waals surface area (Å²) < 4.78 is 1.58. The summed E-state index contributed by atoms with van der Waals surface area (Å²) in [5, 5.41) is 4.60. The van der Waals surface area contributed by atoms with E-state index in [1.54, 1.807) is 27.9 Å². The molecule has 0 atom stereocenters. The fourth-order valence-electron chi connectivity index (χ4n) is 4.63. The number of aliphatic imine (C=N–C) groups is 1. The first-order chi connectivity index (χ1) is 19.1. The average molecular weight is 521 g/mol. The Kier molecular flexibility index (Phi) is 6.37. The van der Waals surface area contributed by atoms with Crippen LogP contribution >= 0.6 is 0 Å². The van der Waals surface area contributed by atoms with Crippen LogP contribution < -0.4 is 0 Å². The highest BCUT2D eigenvalue weighted by Crippen LogP contribution is 2.23. The highest BCUT2D eigenvalue weighted by atomic mass is 16.2. The number of aromatic nitrogens is 5. The second-order valence-electron chi connectivity index (χ2n) is 9.08. The fraction of sp³-hybridized carbons (Fsp3) is 0.179. The topological polar surface area (TPSA) is 129 Å². The van der Waals surface area contributed by atoms with E-state index >= 15 is 0 Å². The molecule has 4 aromatic rings. The van der Waals surface area contributed by atoms with Gasteiger partial charge in [-0.15, -0.1) is 0 Å². The molecule has 0 bridgehead atoms. The molecule has 1 N–H and O–H groups in total. The number of Topliss-reactive ketones (excluding diaryl/α,β-unsaturated/α-hetero) is 1. The minimum absolute atomic E-state index is 0.0877. The van der Waals surface area contributed by atoms with E-state index < -0.39 is 11.7 Å². The lowest BCUT2D eigenvalue weighted by Gasteiger charge is -2.34. The van der Waals surface area contributed by atoms with E-state index in [-0.39, 0.29) is 24.6 Å². The van der Waals surface area contributed by atoms with E-state index in [1.807, 2.05) is 48.7 Å². The van der Waals surface area contributed by atoms with Gasteiger partial charge in [-0.2, -0.15) is 5.10 Å². The predicted molar refractivity (Wildman–Crippen MR) is 144 cm³/mol. The van der Waals surface area contributed by atoms with E-state index in [0.717, 1.165) is 12.1 Å². The van der Waals surface area contributed by atoms with Gasteiger partial charge in [-0.25, -0.2) is 14.6 Å². The van der Waals surface area contributed by atoms with Crippen molar-refractivity contribution in [2.24, 2.45) is 4.99 Å². The molecule has 1 aromatic carbocycles. The zero-order valence-corrected chi connectivity index (χ0v) is 20.9. The average Bonchev–Trinajstić information content (AvgIpc) is 3.57. The number of nitrogens with zero attached hydrogens (tertiary/aromatic N) is 7. The quantitative estimate of drug-likeness (QED) is 0.318. The summed E-state index contributed by atoms with van der Waals surface area (Å²) in [6, 6.07) is 10.8. The molecule has 0 saturated carbocycles. The standard InChI is InChI=1S/C28H24N8O3/c37-25(28(39)35-15-13-34(14-16-35)27(38)19-7-3-1-4-8-19)20-17-30-24-23(20)31-18-32-26(24)36-12-10-22(33-36)21-9-5-2-6-11-29-21/h1-5,7-12,17-18,30H,6,13-16H2. The van der Waals surface area contributed by atoms with E-state index in [1.165, 1.54) is 17.4 Å². The number of carbonyl (C=O) groups excluding carboxylic acids is 3. The number of carbonyl (C=O) groups is 3. The van der Waals surface area contributed by atoms with Crippen molar-refractivity contribution < 1.29 is 14.4 Å². The van der Waals surface area contributed by atoms with Crippen molar-refractivity contribution in [3.63, 3.8) is 0 Å². The number of hydrogen-bond acceptors (Lipinski definition) is 7. The Morgan fingerprint density at radius 1 is 0.923 bits per heavy atom. The summed E-state index contributed by atoms with van der Waals surface area (Å²) in [6.45, 7) is 1.25. The number of aromatic amines is 1. The van der Waals surface area contributed by atoms with Crippen molar-refractivity contribution in [1.29, 1.82) is 0 Å². The first-order valence-corrected chi connectivity index (χ1v) is 12.6. The van der Waals surface area contributed by atoms with E-state index in [2.05, 4.69) is 25.0 Å². The smallest absolute Gasteiger partial charge is 0.295 e. The molecule has 2 amide bonds. The Morgan fingerprint density at radius 3 is 2.54 bits per heavy atom. The summed E-state index contributed by atoms with van der Waals surface area (Å²) in [5.41, 5.74) is 2.99. The van der Waals surface area contributed by atoms with Crippen molar-refractivity contribution in [3.05, 3.63) is 90.2 Å². The lowest BCUT2D eigenvalue weighted by Crippen LogP contribution is -2.52. The Morgan fingerprint density at radius 2 is 1.72 bits per heavy atom. The number of fused-ring (bicyclic) bond motifs is 1. The molecule has 0 unspecified atom stereocenters. The number of rotatable bonds is 5. The Hall–Kier alpha value is -5.19. The summed E-state index contributed by atoms with van der Waals surface area (Å²) in [5.74, 6) is -0.940. The molecule has 0 radical (unpaired) electrons. The van der Waals surface area contributed by atoms with Gasteiger partial charge in [0, 0.05) is 56.8 Å². The third kappa shape index (κ3) is 4.65. The van der Waals surface area contributed by atoms with Gasteiger partial charge in [-0.3, -0.25) is 19.4 Å². The van der Waals surface area contributed by atoms with Gasteiger partial charge in [0.1, 0.15) is 23.1 Å². The molecule has 194 valence electrons. The number of ketones is 1. The predicted octanol–water partition coefficient (Wildman–Crippen LogP) is 2.68. The summed E-state index contributed by atoms with van der Waals surface area (Å²) in [7, 11) is 0. The molecule has 2 aliphatic rings. The molecule has 5 heterocycles. The third-order valence-electron chi connectivity index (χ3n) is 6.69. The zero-order chi connectivity index (χ0) is 26.8. The molecule has 3 aromatic heterocycles. The number of nitrogens with one attached hydrogen (secondary N) is 1. The summed E-state index contributed by atoms with van der Waals surface area (Å²) in [4.78, 5) is 58.4. The van der Waals surface area contributed by atoms with Gasteiger partial charge in [0.05, 0.1) is 11.3 Å². The largest absolute Gasteiger partial charge is 0.356 e. The number of allylic oxidation sites excluding steroid dienone is 3. The molecule has 6 rings (SSSR count). The second kappa shape index (κ2) is 10.3. The lowest BCUT2D eigenvalue weighted by molar-refractivity contribution is -0.127. The van der Waals surface area contributed by atoms with Crippen molar-refractivity contribution in [2.75, 3.05) is 26.2 Å². The van der Waals surface area contributed by atoms with Gasteiger partial charge >= 0.3 is 0 Å². The Balaban J connectivity index is 1.18. The van der Waals surface area contributed by atoms with E-state index in [0.29, 0.717) is 41.2 Å². The maximum absolute atomic E-state index is 13.2. The maximum atomic E-state index is 13.2. The van der Waals surface area contributed by atoms with E-state index in [4.69, 9.17) is 0 Å². The minimum atomic E-state index is -0.667. The monoisotopic (exact) mass is 520 g/mol. The molecular formula is C28H24N8O3. The number of H-pyrrole nitrogens is 1. The molecule has 1 saturated heterocycles.